The number of benzene rings is 2. The molecule has 8 heteroatoms. The molecule has 0 bridgehead atoms. The van der Waals surface area contributed by atoms with Gasteiger partial charge in [-0.3, -0.25) is 9.59 Å². The maximum atomic E-state index is 12.8. The fraction of sp³-hybridized carbons (Fsp3) is 0.308. The van der Waals surface area contributed by atoms with Crippen LogP contribution in [0, 0.1) is 13.8 Å². The van der Waals surface area contributed by atoms with Gasteiger partial charge in [-0.1, -0.05) is 35.9 Å². The molecule has 8 nitrogen and oxygen atoms in total. The lowest BCUT2D eigenvalue weighted by Gasteiger charge is -2.23. The highest BCUT2D eigenvalue weighted by Gasteiger charge is 2.20. The van der Waals surface area contributed by atoms with E-state index < -0.39 is 0 Å². The Kier molecular flexibility index (Phi) is 7.18. The quantitative estimate of drug-likeness (QED) is 0.451. The maximum Gasteiger partial charge on any atom is 0.274 e. The lowest BCUT2D eigenvalue weighted by molar-refractivity contribution is 0.0923. The van der Waals surface area contributed by atoms with E-state index in [4.69, 9.17) is 5.73 Å². The van der Waals surface area contributed by atoms with Crippen LogP contribution in [0.2, 0.25) is 0 Å². The van der Waals surface area contributed by atoms with Crippen molar-refractivity contribution < 1.29 is 9.59 Å². The molecule has 4 rings (SSSR count). The third-order valence-electron chi connectivity index (χ3n) is 6.01. The molecule has 1 fully saturated rings. The van der Waals surface area contributed by atoms with Crippen molar-refractivity contribution in [1.82, 2.24) is 25.9 Å². The molecular formula is C26H30N6O2. The Hall–Kier alpha value is -3.78. The molecule has 176 valence electrons. The number of aryl methyl sites for hydroxylation is 2. The zero-order chi connectivity index (χ0) is 24.1. The molecule has 1 atom stereocenters. The first kappa shape index (κ1) is 23.4. The van der Waals surface area contributed by atoms with E-state index in [2.05, 4.69) is 44.1 Å². The number of rotatable bonds is 6. The summed E-state index contributed by atoms with van der Waals surface area (Å²) in [5, 5.41) is 9.22. The Labute approximate surface area is 199 Å². The third kappa shape index (κ3) is 5.58. The Morgan fingerprint density at radius 2 is 2.00 bits per heavy atom. The summed E-state index contributed by atoms with van der Waals surface area (Å²) in [4.78, 5) is 34.2. The van der Waals surface area contributed by atoms with Crippen molar-refractivity contribution in [3.8, 4) is 11.3 Å². The Bertz CT molecular complexity index is 1200. The zero-order valence-corrected chi connectivity index (χ0v) is 19.5. The monoisotopic (exact) mass is 458 g/mol. The minimum Gasteiger partial charge on any atom is -0.382 e. The molecule has 1 aliphatic rings. The van der Waals surface area contributed by atoms with Crippen molar-refractivity contribution in [3.05, 3.63) is 76.6 Å². The lowest BCUT2D eigenvalue weighted by atomic mass is 10.0. The number of anilines is 1. The molecule has 2 aromatic carbocycles. The fourth-order valence-corrected chi connectivity index (χ4v) is 4.02. The first-order chi connectivity index (χ1) is 16.4. The maximum absolute atomic E-state index is 12.8. The number of aromatic nitrogens is 2. The predicted molar refractivity (Wildman–Crippen MR) is 132 cm³/mol. The van der Waals surface area contributed by atoms with Crippen molar-refractivity contribution in [2.45, 2.75) is 39.3 Å². The smallest absolute Gasteiger partial charge is 0.274 e. The summed E-state index contributed by atoms with van der Waals surface area (Å²) in [5.41, 5.74) is 11.1. The van der Waals surface area contributed by atoms with Crippen LogP contribution in [0.15, 0.2) is 48.7 Å². The Balaban J connectivity index is 1.49. The normalized spacial score (nSPS) is 15.5. The molecule has 0 unspecified atom stereocenters. The van der Waals surface area contributed by atoms with Crippen molar-refractivity contribution in [2.75, 3.05) is 18.8 Å². The van der Waals surface area contributed by atoms with Crippen molar-refractivity contribution in [1.29, 1.82) is 0 Å². The van der Waals surface area contributed by atoms with Gasteiger partial charge in [0.15, 0.2) is 11.5 Å². The topological polar surface area (TPSA) is 122 Å². The van der Waals surface area contributed by atoms with Gasteiger partial charge in [-0.2, -0.15) is 0 Å². The Morgan fingerprint density at radius 3 is 2.79 bits per heavy atom. The van der Waals surface area contributed by atoms with Gasteiger partial charge in [0, 0.05) is 30.3 Å². The average Bonchev–Trinajstić information content (AvgIpc) is 2.85. The van der Waals surface area contributed by atoms with Gasteiger partial charge in [0.2, 0.25) is 0 Å². The highest BCUT2D eigenvalue weighted by atomic mass is 16.2. The number of nitrogens with two attached hydrogens (primary N) is 1. The summed E-state index contributed by atoms with van der Waals surface area (Å²) in [7, 11) is 0. The van der Waals surface area contributed by atoms with E-state index in [9.17, 15) is 9.59 Å². The molecule has 0 radical (unpaired) electrons. The molecule has 1 aromatic heterocycles. The molecule has 2 amide bonds. The highest BCUT2D eigenvalue weighted by Crippen LogP contribution is 2.20. The molecule has 0 aliphatic carbocycles. The molecule has 5 N–H and O–H groups in total. The van der Waals surface area contributed by atoms with E-state index in [-0.39, 0.29) is 29.4 Å². The summed E-state index contributed by atoms with van der Waals surface area (Å²) in [6.45, 7) is 6.18. The van der Waals surface area contributed by atoms with Gasteiger partial charge >= 0.3 is 0 Å². The van der Waals surface area contributed by atoms with E-state index >= 15 is 0 Å². The largest absolute Gasteiger partial charge is 0.382 e. The van der Waals surface area contributed by atoms with Crippen molar-refractivity contribution in [2.24, 2.45) is 0 Å². The van der Waals surface area contributed by atoms with Gasteiger partial charge in [0.1, 0.15) is 0 Å². The number of carbonyl (C=O) groups excluding carboxylic acids is 2. The highest BCUT2D eigenvalue weighted by molar-refractivity contribution is 5.97. The van der Waals surface area contributed by atoms with Crippen LogP contribution in [0.5, 0.6) is 0 Å². The molecular weight excluding hydrogens is 428 g/mol. The van der Waals surface area contributed by atoms with Crippen molar-refractivity contribution in [3.63, 3.8) is 0 Å². The van der Waals surface area contributed by atoms with E-state index in [0.29, 0.717) is 23.4 Å². The Morgan fingerprint density at radius 1 is 1.15 bits per heavy atom. The average molecular weight is 459 g/mol. The number of nitrogen functional groups attached to an aromatic ring is 1. The van der Waals surface area contributed by atoms with Gasteiger partial charge in [-0.15, -0.1) is 0 Å². The first-order valence-corrected chi connectivity index (χ1v) is 11.5. The standard InChI is InChI=1S/C26H30N6O2/c1-16-8-9-17(2)20(11-16)13-30-25(33)19-6-3-5-18(12-19)22-15-29-24(27)23(32-22)26(34)31-21-7-4-10-28-14-21/h3,5-6,8-9,11-12,15,21,28H,4,7,10,13-14H2,1-2H3,(H2,27,29)(H,30,33)(H,31,34)/t21-/m0/s1. The molecule has 0 spiro atoms. The first-order valence-electron chi connectivity index (χ1n) is 11.5. The van der Waals surface area contributed by atoms with Crippen LogP contribution >= 0.6 is 0 Å². The molecule has 2 heterocycles. The van der Waals surface area contributed by atoms with E-state index in [1.165, 1.54) is 6.20 Å². The number of nitrogens with zero attached hydrogens (tertiary/aromatic N) is 2. The predicted octanol–water partition coefficient (Wildman–Crippen LogP) is 2.75. The summed E-state index contributed by atoms with van der Waals surface area (Å²) >= 11 is 0. The SMILES string of the molecule is Cc1ccc(C)c(CNC(=O)c2cccc(-c3cnc(N)c(C(=O)N[C@H]4CCCNC4)n3)c2)c1. The molecule has 0 saturated carbocycles. The van der Waals surface area contributed by atoms with Crippen LogP contribution in [0.25, 0.3) is 11.3 Å². The molecule has 3 aromatic rings. The van der Waals surface area contributed by atoms with Gasteiger partial charge in [0.25, 0.3) is 11.8 Å². The summed E-state index contributed by atoms with van der Waals surface area (Å²) in [6, 6.07) is 13.3. The van der Waals surface area contributed by atoms with Gasteiger partial charge < -0.3 is 21.7 Å². The van der Waals surface area contributed by atoms with E-state index in [0.717, 1.165) is 42.6 Å². The second kappa shape index (κ2) is 10.4. The second-order valence-electron chi connectivity index (χ2n) is 8.70. The number of hydrogen-bond acceptors (Lipinski definition) is 6. The zero-order valence-electron chi connectivity index (χ0n) is 19.5. The summed E-state index contributed by atoms with van der Waals surface area (Å²) in [5.74, 6) is -0.454. The van der Waals surface area contributed by atoms with E-state index in [1.807, 2.05) is 19.9 Å². The minimum atomic E-state index is -0.344. The fourth-order valence-electron chi connectivity index (χ4n) is 4.02. The number of piperidine rings is 1. The van der Waals surface area contributed by atoms with Crippen LogP contribution in [0.3, 0.4) is 0 Å². The lowest BCUT2D eigenvalue weighted by Crippen LogP contribution is -2.46. The van der Waals surface area contributed by atoms with Crippen LogP contribution in [-0.2, 0) is 6.54 Å². The van der Waals surface area contributed by atoms with Gasteiger partial charge in [-0.25, -0.2) is 9.97 Å². The van der Waals surface area contributed by atoms with Crippen molar-refractivity contribution >= 4 is 17.6 Å². The third-order valence-corrected chi connectivity index (χ3v) is 6.01. The van der Waals surface area contributed by atoms with Gasteiger partial charge in [-0.05, 0) is 56.5 Å². The van der Waals surface area contributed by atoms with Crippen LogP contribution in [-0.4, -0.2) is 40.9 Å². The van der Waals surface area contributed by atoms with Gasteiger partial charge in [0.05, 0.1) is 11.9 Å². The molecule has 1 saturated heterocycles. The number of amides is 2. The summed E-state index contributed by atoms with van der Waals surface area (Å²) < 4.78 is 0. The number of hydrogen-bond donors (Lipinski definition) is 4. The number of nitrogens with one attached hydrogen (secondary N) is 3. The van der Waals surface area contributed by atoms with E-state index in [1.54, 1.807) is 18.2 Å². The number of carbonyl (C=O) groups is 2. The molecule has 1 aliphatic heterocycles. The molecule has 34 heavy (non-hydrogen) atoms. The second-order valence-corrected chi connectivity index (χ2v) is 8.70. The minimum absolute atomic E-state index is 0.0372. The van der Waals surface area contributed by atoms with Crippen LogP contribution in [0.1, 0.15) is 50.4 Å². The van der Waals surface area contributed by atoms with Crippen LogP contribution in [0.4, 0.5) is 5.82 Å². The summed E-state index contributed by atoms with van der Waals surface area (Å²) in [6.07, 6.45) is 3.43. The van der Waals surface area contributed by atoms with Crippen LogP contribution < -0.4 is 21.7 Å².